The van der Waals surface area contributed by atoms with Gasteiger partial charge in [-0.15, -0.1) is 11.3 Å². The summed E-state index contributed by atoms with van der Waals surface area (Å²) >= 11 is 7.15. The van der Waals surface area contributed by atoms with E-state index in [2.05, 4.69) is 25.4 Å². The summed E-state index contributed by atoms with van der Waals surface area (Å²) in [4.78, 5) is 27.5. The average molecular weight is 580 g/mol. The lowest BCUT2D eigenvalue weighted by Gasteiger charge is -2.37. The van der Waals surface area contributed by atoms with Gasteiger partial charge in [0.25, 0.3) is 12.3 Å². The van der Waals surface area contributed by atoms with Gasteiger partial charge in [0.15, 0.2) is 5.65 Å². The van der Waals surface area contributed by atoms with Gasteiger partial charge in [-0.05, 0) is 44.0 Å². The lowest BCUT2D eigenvalue weighted by atomic mass is 9.96. The number of amides is 1. The largest absolute Gasteiger partial charge is 0.477 e. The Kier molecular flexibility index (Phi) is 8.29. The van der Waals surface area contributed by atoms with Crippen LogP contribution in [0.5, 0.6) is 5.88 Å². The second-order valence-corrected chi connectivity index (χ2v) is 10.5. The molecule has 14 heteroatoms. The van der Waals surface area contributed by atoms with Crippen LogP contribution in [0.15, 0.2) is 36.2 Å². The summed E-state index contributed by atoms with van der Waals surface area (Å²) in [5.41, 5.74) is 1.47. The first-order valence-corrected chi connectivity index (χ1v) is 13.5. The number of ether oxygens (including phenoxy) is 1. The van der Waals surface area contributed by atoms with E-state index in [0.717, 1.165) is 35.6 Å². The smallest absolute Gasteiger partial charge is 0.281 e. The molecule has 39 heavy (non-hydrogen) atoms. The highest BCUT2D eigenvalue weighted by Crippen LogP contribution is 2.35. The number of piperidine rings is 1. The molecule has 0 radical (unpaired) electrons. The summed E-state index contributed by atoms with van der Waals surface area (Å²) < 4.78 is 49.4. The fourth-order valence-electron chi connectivity index (χ4n) is 4.74. The van der Waals surface area contributed by atoms with Gasteiger partial charge in [0, 0.05) is 13.6 Å². The zero-order valence-corrected chi connectivity index (χ0v) is 22.4. The highest BCUT2D eigenvalue weighted by Gasteiger charge is 2.32. The minimum absolute atomic E-state index is 0.00744. The van der Waals surface area contributed by atoms with Gasteiger partial charge in [-0.25, -0.2) is 28.1 Å². The quantitative estimate of drug-likeness (QED) is 0.304. The van der Waals surface area contributed by atoms with Crippen molar-refractivity contribution in [3.8, 4) is 5.88 Å². The summed E-state index contributed by atoms with van der Waals surface area (Å²) in [6.45, 7) is 1.60. The molecular formula is C25H25ClF3N7O2S. The van der Waals surface area contributed by atoms with Crippen LogP contribution in [0.2, 0.25) is 5.02 Å². The third kappa shape index (κ3) is 5.85. The normalized spacial score (nSPS) is 15.6. The Morgan fingerprint density at radius 1 is 1.26 bits per heavy atom. The second kappa shape index (κ2) is 11.8. The number of hydrogen-bond donors (Lipinski definition) is 1. The van der Waals surface area contributed by atoms with Crippen LogP contribution in [0, 0.1) is 11.7 Å². The van der Waals surface area contributed by atoms with E-state index in [1.807, 2.05) is 4.90 Å². The van der Waals surface area contributed by atoms with Crippen LogP contribution in [0.25, 0.3) is 11.0 Å². The van der Waals surface area contributed by atoms with Crippen LogP contribution in [-0.2, 0) is 7.05 Å². The first kappa shape index (κ1) is 27.3. The van der Waals surface area contributed by atoms with Gasteiger partial charge in [0.05, 0.1) is 39.8 Å². The van der Waals surface area contributed by atoms with Crippen molar-refractivity contribution in [3.05, 3.63) is 63.2 Å². The zero-order chi connectivity index (χ0) is 27.5. The Labute approximate surface area is 231 Å². The van der Waals surface area contributed by atoms with Crippen LogP contribution in [0.3, 0.4) is 0 Å². The lowest BCUT2D eigenvalue weighted by Crippen LogP contribution is -2.43. The Balaban J connectivity index is 1.26. The van der Waals surface area contributed by atoms with Crippen molar-refractivity contribution in [2.75, 3.05) is 26.2 Å². The number of carbonyl (C=O) groups is 1. The molecule has 0 aliphatic carbocycles. The predicted molar refractivity (Wildman–Crippen MR) is 140 cm³/mol. The van der Waals surface area contributed by atoms with E-state index < -0.39 is 24.2 Å². The number of aromatic nitrogens is 5. The summed E-state index contributed by atoms with van der Waals surface area (Å²) in [5.74, 6) is -0.780. The molecule has 1 aromatic carbocycles. The van der Waals surface area contributed by atoms with Crippen molar-refractivity contribution < 1.29 is 22.7 Å². The number of halogens is 4. The molecular weight excluding hydrogens is 555 g/mol. The van der Waals surface area contributed by atoms with E-state index >= 15 is 0 Å². The molecule has 1 aliphatic heterocycles. The van der Waals surface area contributed by atoms with Crippen molar-refractivity contribution in [2.45, 2.75) is 25.3 Å². The van der Waals surface area contributed by atoms with Crippen molar-refractivity contribution in [1.29, 1.82) is 0 Å². The number of nitrogens with one attached hydrogen (secondary N) is 1. The van der Waals surface area contributed by atoms with Crippen LogP contribution in [0.4, 0.5) is 13.2 Å². The Hall–Kier alpha value is -3.29. The molecule has 1 atom stereocenters. The topological polar surface area (TPSA) is 98.1 Å². The van der Waals surface area contributed by atoms with E-state index in [4.69, 9.17) is 16.3 Å². The molecule has 5 rings (SSSR count). The molecule has 1 fully saturated rings. The van der Waals surface area contributed by atoms with Gasteiger partial charge in [0.2, 0.25) is 5.88 Å². The number of nitrogens with zero attached hydrogens (tertiary/aromatic N) is 6. The van der Waals surface area contributed by atoms with Crippen LogP contribution < -0.4 is 10.1 Å². The van der Waals surface area contributed by atoms with Gasteiger partial charge in [-0.3, -0.25) is 14.4 Å². The Morgan fingerprint density at radius 3 is 2.79 bits per heavy atom. The standard InChI is InChI=1S/C25H25ClF3N7O2S/c1-35-23-15(9-34-35)25(32-12-31-23)38-11-14-5-7-36(8-6-14)18(21-20(22(28)29)33-13-39-21)10-30-24(37)19-16(26)3-2-4-17(19)27/h2-4,9,12-14,18,22H,5-8,10-11H2,1H3,(H,30,37). The van der Waals surface area contributed by atoms with E-state index in [-0.39, 0.29) is 28.7 Å². The lowest BCUT2D eigenvalue weighted by molar-refractivity contribution is 0.0868. The first-order valence-electron chi connectivity index (χ1n) is 12.3. The molecule has 1 amide bonds. The maximum atomic E-state index is 14.3. The SMILES string of the molecule is Cn1ncc2c(OCC3CCN(C(CNC(=O)c4c(F)cccc4Cl)c4scnc4C(F)F)CC3)ncnc21. The number of aryl methyl sites for hydroxylation is 1. The molecule has 1 unspecified atom stereocenters. The van der Waals surface area contributed by atoms with E-state index in [9.17, 15) is 18.0 Å². The van der Waals surface area contributed by atoms with Crippen molar-refractivity contribution >= 4 is 39.9 Å². The van der Waals surface area contributed by atoms with E-state index in [1.54, 1.807) is 17.9 Å². The minimum Gasteiger partial charge on any atom is -0.477 e. The molecule has 206 valence electrons. The van der Waals surface area contributed by atoms with Gasteiger partial charge in [-0.2, -0.15) is 5.10 Å². The molecule has 4 aromatic rings. The molecule has 1 saturated heterocycles. The van der Waals surface area contributed by atoms with Gasteiger partial charge in [-0.1, -0.05) is 17.7 Å². The monoisotopic (exact) mass is 579 g/mol. The number of likely N-dealkylation sites (tertiary alicyclic amines) is 1. The number of thiazole rings is 1. The number of benzene rings is 1. The number of hydrogen-bond acceptors (Lipinski definition) is 8. The third-order valence-corrected chi connectivity index (χ3v) is 8.08. The fourth-order valence-corrected chi connectivity index (χ4v) is 5.92. The molecule has 1 N–H and O–H groups in total. The van der Waals surface area contributed by atoms with E-state index in [1.165, 1.54) is 24.0 Å². The number of alkyl halides is 2. The Morgan fingerprint density at radius 2 is 2.05 bits per heavy atom. The number of rotatable bonds is 9. The molecule has 0 saturated carbocycles. The van der Waals surface area contributed by atoms with E-state index in [0.29, 0.717) is 36.1 Å². The van der Waals surface area contributed by atoms with Crippen molar-refractivity contribution in [2.24, 2.45) is 13.0 Å². The van der Waals surface area contributed by atoms with Crippen LogP contribution in [-0.4, -0.2) is 61.8 Å². The summed E-state index contributed by atoms with van der Waals surface area (Å²) in [6.07, 6.45) is 1.83. The van der Waals surface area contributed by atoms with Crippen molar-refractivity contribution in [3.63, 3.8) is 0 Å². The highest BCUT2D eigenvalue weighted by molar-refractivity contribution is 7.09. The molecule has 0 bridgehead atoms. The molecule has 3 aromatic heterocycles. The zero-order valence-electron chi connectivity index (χ0n) is 20.9. The molecule has 9 nitrogen and oxygen atoms in total. The van der Waals surface area contributed by atoms with Gasteiger partial charge < -0.3 is 10.1 Å². The minimum atomic E-state index is -2.76. The first-order chi connectivity index (χ1) is 18.8. The van der Waals surface area contributed by atoms with Gasteiger partial charge >= 0.3 is 0 Å². The molecule has 1 aliphatic rings. The molecule has 4 heterocycles. The second-order valence-electron chi connectivity index (χ2n) is 9.20. The highest BCUT2D eigenvalue weighted by atomic mass is 35.5. The summed E-state index contributed by atoms with van der Waals surface area (Å²) in [7, 11) is 1.79. The van der Waals surface area contributed by atoms with Crippen LogP contribution in [0.1, 0.15) is 46.2 Å². The van der Waals surface area contributed by atoms with Crippen LogP contribution >= 0.6 is 22.9 Å². The fraction of sp³-hybridized carbons (Fsp3) is 0.400. The number of carbonyl (C=O) groups excluding carboxylic acids is 1. The van der Waals surface area contributed by atoms with Gasteiger partial charge in [0.1, 0.15) is 23.2 Å². The maximum absolute atomic E-state index is 14.3. The third-order valence-electron chi connectivity index (χ3n) is 6.82. The maximum Gasteiger partial charge on any atom is 0.281 e. The Bertz CT molecular complexity index is 1440. The van der Waals surface area contributed by atoms with Crippen molar-refractivity contribution in [1.82, 2.24) is 34.9 Å². The molecule has 0 spiro atoms. The number of fused-ring (bicyclic) bond motifs is 1. The summed E-state index contributed by atoms with van der Waals surface area (Å²) in [6, 6.07) is 3.41. The predicted octanol–water partition coefficient (Wildman–Crippen LogP) is 4.81. The summed E-state index contributed by atoms with van der Waals surface area (Å²) in [5, 5.41) is 7.59. The average Bonchev–Trinajstić information content (AvgIpc) is 3.56.